The maximum atomic E-state index is 12.4. The van der Waals surface area contributed by atoms with E-state index in [1.165, 1.54) is 6.07 Å². The average Bonchev–Trinajstić information content (AvgIpc) is 2.56. The summed E-state index contributed by atoms with van der Waals surface area (Å²) in [6.07, 6.45) is 0.147. The number of carbonyl (C=O) groups is 1. The van der Waals surface area contributed by atoms with E-state index in [9.17, 15) is 18.3 Å². The molecule has 0 spiro atoms. The maximum Gasteiger partial charge on any atom is 0.261 e. The second-order valence-corrected chi connectivity index (χ2v) is 8.57. The smallest absolute Gasteiger partial charge is 0.261 e. The molecule has 0 aliphatic carbocycles. The molecule has 6 nitrogen and oxygen atoms in total. The highest BCUT2D eigenvalue weighted by molar-refractivity contribution is 7.92. The van der Waals surface area contributed by atoms with Crippen LogP contribution in [-0.2, 0) is 21.2 Å². The second-order valence-electron chi connectivity index (χ2n) is 6.89. The lowest BCUT2D eigenvalue weighted by Crippen LogP contribution is -2.46. The van der Waals surface area contributed by atoms with E-state index < -0.39 is 15.6 Å². The van der Waals surface area contributed by atoms with Crippen LogP contribution in [0.5, 0.6) is 0 Å². The quantitative estimate of drug-likeness (QED) is 0.690. The number of hydrogen-bond donors (Lipinski definition) is 3. The Kier molecular flexibility index (Phi) is 6.05. The molecule has 2 rings (SSSR count). The van der Waals surface area contributed by atoms with E-state index in [1.807, 2.05) is 13.0 Å². The van der Waals surface area contributed by atoms with Crippen LogP contribution in [0.1, 0.15) is 25.0 Å². The molecule has 0 saturated heterocycles. The Morgan fingerprint density at radius 3 is 2.35 bits per heavy atom. The summed E-state index contributed by atoms with van der Waals surface area (Å²) in [5.74, 6) is -0.211. The first-order valence-corrected chi connectivity index (χ1v) is 9.70. The van der Waals surface area contributed by atoms with Crippen molar-refractivity contribution in [1.29, 1.82) is 0 Å². The number of benzene rings is 2. The van der Waals surface area contributed by atoms with Gasteiger partial charge in [-0.05, 0) is 56.2 Å². The molecule has 3 N–H and O–H groups in total. The van der Waals surface area contributed by atoms with Gasteiger partial charge in [0.15, 0.2) is 0 Å². The molecule has 0 atom stereocenters. The number of anilines is 1. The van der Waals surface area contributed by atoms with Crippen LogP contribution >= 0.6 is 0 Å². The molecule has 0 aliphatic heterocycles. The fourth-order valence-corrected chi connectivity index (χ4v) is 3.50. The lowest BCUT2D eigenvalue weighted by Gasteiger charge is -2.23. The van der Waals surface area contributed by atoms with Crippen molar-refractivity contribution in [3.63, 3.8) is 0 Å². The Hall–Kier alpha value is -2.38. The molecule has 0 aromatic heterocycles. The number of rotatable bonds is 7. The van der Waals surface area contributed by atoms with Gasteiger partial charge in [0.05, 0.1) is 23.5 Å². The van der Waals surface area contributed by atoms with Crippen LogP contribution in [0.25, 0.3) is 0 Å². The summed E-state index contributed by atoms with van der Waals surface area (Å²) in [5, 5.41) is 11.9. The summed E-state index contributed by atoms with van der Waals surface area (Å²) in [5.41, 5.74) is 1.35. The Labute approximate surface area is 154 Å². The fourth-order valence-electron chi connectivity index (χ4n) is 2.33. The van der Waals surface area contributed by atoms with Crippen LogP contribution in [0.2, 0.25) is 0 Å². The SMILES string of the molecule is Cc1cccc(S(=O)(=O)Nc2ccc(CC(=O)NC(C)(C)CO)cc2)c1. The van der Waals surface area contributed by atoms with Crippen molar-refractivity contribution in [2.75, 3.05) is 11.3 Å². The first-order chi connectivity index (χ1) is 12.1. The number of aryl methyl sites for hydroxylation is 1. The van der Waals surface area contributed by atoms with E-state index in [1.54, 1.807) is 50.2 Å². The summed E-state index contributed by atoms with van der Waals surface area (Å²) < 4.78 is 27.3. The van der Waals surface area contributed by atoms with Gasteiger partial charge in [-0.25, -0.2) is 8.42 Å². The van der Waals surface area contributed by atoms with Crippen molar-refractivity contribution < 1.29 is 18.3 Å². The van der Waals surface area contributed by atoms with Crippen LogP contribution in [0.15, 0.2) is 53.4 Å². The monoisotopic (exact) mass is 376 g/mol. The minimum Gasteiger partial charge on any atom is -0.394 e. The summed E-state index contributed by atoms with van der Waals surface area (Å²) in [6, 6.07) is 13.3. The van der Waals surface area contributed by atoms with Crippen LogP contribution in [0.4, 0.5) is 5.69 Å². The molecule has 0 fully saturated rings. The number of aliphatic hydroxyl groups is 1. The standard InChI is InChI=1S/C19H24N2O4S/c1-14-5-4-6-17(11-14)26(24,25)21-16-9-7-15(8-10-16)12-18(23)20-19(2,3)13-22/h4-11,21-22H,12-13H2,1-3H3,(H,20,23). The molecule has 26 heavy (non-hydrogen) atoms. The summed E-state index contributed by atoms with van der Waals surface area (Å²) in [7, 11) is -3.66. The number of nitrogens with one attached hydrogen (secondary N) is 2. The summed E-state index contributed by atoms with van der Waals surface area (Å²) >= 11 is 0. The highest BCUT2D eigenvalue weighted by Crippen LogP contribution is 2.18. The highest BCUT2D eigenvalue weighted by atomic mass is 32.2. The Morgan fingerprint density at radius 1 is 1.12 bits per heavy atom. The first kappa shape index (κ1) is 19.9. The third-order valence-corrected chi connectivity index (χ3v) is 5.12. The number of hydrogen-bond acceptors (Lipinski definition) is 4. The largest absolute Gasteiger partial charge is 0.394 e. The van der Waals surface area contributed by atoms with E-state index in [0.717, 1.165) is 11.1 Å². The van der Waals surface area contributed by atoms with Crippen LogP contribution < -0.4 is 10.0 Å². The van der Waals surface area contributed by atoms with Gasteiger partial charge in [-0.3, -0.25) is 9.52 Å². The first-order valence-electron chi connectivity index (χ1n) is 8.22. The van der Waals surface area contributed by atoms with Gasteiger partial charge >= 0.3 is 0 Å². The number of carbonyl (C=O) groups excluding carboxylic acids is 1. The lowest BCUT2D eigenvalue weighted by molar-refractivity contribution is -0.122. The molecule has 2 aromatic carbocycles. The van der Waals surface area contributed by atoms with Crippen LogP contribution in [0, 0.1) is 6.92 Å². The van der Waals surface area contributed by atoms with Crippen molar-refractivity contribution in [2.45, 2.75) is 37.6 Å². The molecule has 7 heteroatoms. The maximum absolute atomic E-state index is 12.4. The van der Waals surface area contributed by atoms with Crippen molar-refractivity contribution in [2.24, 2.45) is 0 Å². The van der Waals surface area contributed by atoms with Crippen molar-refractivity contribution in [1.82, 2.24) is 5.32 Å². The molecule has 140 valence electrons. The van der Waals surface area contributed by atoms with E-state index in [4.69, 9.17) is 0 Å². The predicted octanol–water partition coefficient (Wildman–Crippen LogP) is 2.23. The molecule has 0 bridgehead atoms. The van der Waals surface area contributed by atoms with E-state index >= 15 is 0 Å². The van der Waals surface area contributed by atoms with Gasteiger partial charge < -0.3 is 10.4 Å². The van der Waals surface area contributed by atoms with Gasteiger partial charge in [0.2, 0.25) is 5.91 Å². The molecule has 0 saturated carbocycles. The molecule has 0 unspecified atom stereocenters. The number of sulfonamides is 1. The normalized spacial score (nSPS) is 11.8. The van der Waals surface area contributed by atoms with Crippen molar-refractivity contribution >= 4 is 21.6 Å². The second kappa shape index (κ2) is 7.88. The van der Waals surface area contributed by atoms with E-state index in [-0.39, 0.29) is 23.8 Å². The highest BCUT2D eigenvalue weighted by Gasteiger charge is 2.19. The van der Waals surface area contributed by atoms with Gasteiger partial charge in [0, 0.05) is 5.69 Å². The van der Waals surface area contributed by atoms with Gasteiger partial charge in [0.1, 0.15) is 0 Å². The zero-order valence-corrected chi connectivity index (χ0v) is 15.9. The topological polar surface area (TPSA) is 95.5 Å². The van der Waals surface area contributed by atoms with Crippen LogP contribution in [-0.4, -0.2) is 31.6 Å². The number of aliphatic hydroxyl groups excluding tert-OH is 1. The zero-order valence-electron chi connectivity index (χ0n) is 15.1. The predicted molar refractivity (Wildman–Crippen MR) is 101 cm³/mol. The van der Waals surface area contributed by atoms with Gasteiger partial charge in [-0.15, -0.1) is 0 Å². The third kappa shape index (κ3) is 5.57. The Bertz CT molecular complexity index is 875. The van der Waals surface area contributed by atoms with E-state index in [2.05, 4.69) is 10.0 Å². The van der Waals surface area contributed by atoms with Gasteiger partial charge in [0.25, 0.3) is 10.0 Å². The molecular weight excluding hydrogens is 352 g/mol. The Balaban J connectivity index is 2.04. The molecule has 0 radical (unpaired) electrons. The van der Waals surface area contributed by atoms with E-state index in [0.29, 0.717) is 5.69 Å². The summed E-state index contributed by atoms with van der Waals surface area (Å²) in [4.78, 5) is 12.2. The molecule has 0 aliphatic rings. The fraction of sp³-hybridized carbons (Fsp3) is 0.316. The molecule has 2 aromatic rings. The molecule has 0 heterocycles. The van der Waals surface area contributed by atoms with Crippen molar-refractivity contribution in [3.8, 4) is 0 Å². The minimum atomic E-state index is -3.66. The molecule has 1 amide bonds. The van der Waals surface area contributed by atoms with Crippen molar-refractivity contribution in [3.05, 3.63) is 59.7 Å². The summed E-state index contributed by atoms with van der Waals surface area (Å²) in [6.45, 7) is 5.14. The third-order valence-electron chi connectivity index (χ3n) is 3.74. The lowest BCUT2D eigenvalue weighted by atomic mass is 10.1. The van der Waals surface area contributed by atoms with Crippen LogP contribution in [0.3, 0.4) is 0 Å². The Morgan fingerprint density at radius 2 is 1.77 bits per heavy atom. The minimum absolute atomic E-state index is 0.147. The zero-order chi connectivity index (χ0) is 19.4. The van der Waals surface area contributed by atoms with Gasteiger partial charge in [-0.2, -0.15) is 0 Å². The average molecular weight is 376 g/mol. The van der Waals surface area contributed by atoms with Gasteiger partial charge in [-0.1, -0.05) is 24.3 Å². The number of amides is 1. The molecular formula is C19H24N2O4S.